The number of carbonyl (C=O) groups excluding carboxylic acids is 1. The molecule has 1 fully saturated rings. The van der Waals surface area contributed by atoms with Gasteiger partial charge in [-0.25, -0.2) is 5.01 Å². The molecule has 0 saturated carbocycles. The summed E-state index contributed by atoms with van der Waals surface area (Å²) in [6.45, 7) is 0. The molecule has 6 heteroatoms. The molecule has 1 amide bonds. The van der Waals surface area contributed by atoms with Crippen molar-refractivity contribution in [2.45, 2.75) is 17.6 Å². The number of fused-ring (bicyclic) bond motifs is 4. The second-order valence-electron chi connectivity index (χ2n) is 7.67. The molecule has 6 rings (SSSR count). The first kappa shape index (κ1) is 18.3. The number of hydrogen-bond acceptors (Lipinski definition) is 5. The molecule has 0 aliphatic carbocycles. The molecule has 0 unspecified atom stereocenters. The Morgan fingerprint density at radius 1 is 1.00 bits per heavy atom. The van der Waals surface area contributed by atoms with E-state index in [2.05, 4.69) is 23.5 Å². The van der Waals surface area contributed by atoms with Gasteiger partial charge in [0, 0.05) is 12.0 Å². The second-order valence-corrected chi connectivity index (χ2v) is 8.87. The van der Waals surface area contributed by atoms with E-state index >= 15 is 0 Å². The van der Waals surface area contributed by atoms with Gasteiger partial charge in [-0.05, 0) is 35.0 Å². The molecule has 152 valence electrons. The van der Waals surface area contributed by atoms with Gasteiger partial charge in [0.2, 0.25) is 0 Å². The molecule has 2 atom stereocenters. The summed E-state index contributed by atoms with van der Waals surface area (Å²) in [7, 11) is 0. The Morgan fingerprint density at radius 2 is 1.71 bits per heavy atom. The first-order chi connectivity index (χ1) is 15.2. The summed E-state index contributed by atoms with van der Waals surface area (Å²) in [4.78, 5) is 13.6. The number of hydrogen-bond donors (Lipinski definition) is 1. The molecule has 1 spiro atoms. The summed E-state index contributed by atoms with van der Waals surface area (Å²) >= 11 is 1.37. The molecular weight excluding hydrogens is 406 g/mol. The number of nitrogens with zero attached hydrogens (tertiary/aromatic N) is 2. The van der Waals surface area contributed by atoms with Crippen molar-refractivity contribution >= 4 is 29.5 Å². The van der Waals surface area contributed by atoms with Crippen molar-refractivity contribution < 1.29 is 9.53 Å². The lowest BCUT2D eigenvalue weighted by atomic mass is 9.97. The van der Waals surface area contributed by atoms with Crippen molar-refractivity contribution in [2.75, 3.05) is 0 Å². The maximum absolute atomic E-state index is 12.9. The summed E-state index contributed by atoms with van der Waals surface area (Å²) < 4.78 is 6.43. The van der Waals surface area contributed by atoms with Crippen LogP contribution in [0.5, 0.6) is 5.75 Å². The zero-order valence-corrected chi connectivity index (χ0v) is 17.4. The maximum Gasteiger partial charge on any atom is 0.336 e. The largest absolute Gasteiger partial charge is 0.439 e. The van der Waals surface area contributed by atoms with E-state index < -0.39 is 5.18 Å². The maximum atomic E-state index is 12.9. The lowest BCUT2D eigenvalue weighted by Crippen LogP contribution is -2.58. The van der Waals surface area contributed by atoms with Crippen LogP contribution in [0.3, 0.4) is 0 Å². The van der Waals surface area contributed by atoms with Gasteiger partial charge in [-0.1, -0.05) is 78.9 Å². The third kappa shape index (κ3) is 3.02. The van der Waals surface area contributed by atoms with Gasteiger partial charge in [-0.2, -0.15) is 5.10 Å². The minimum atomic E-state index is -1.10. The van der Waals surface area contributed by atoms with Gasteiger partial charge >= 0.3 is 5.18 Å². The van der Waals surface area contributed by atoms with Gasteiger partial charge in [-0.15, -0.1) is 0 Å². The first-order valence-corrected chi connectivity index (χ1v) is 11.0. The molecule has 31 heavy (non-hydrogen) atoms. The highest BCUT2D eigenvalue weighted by molar-refractivity contribution is 8.05. The number of amides is 1. The van der Waals surface area contributed by atoms with E-state index in [4.69, 9.17) is 9.84 Å². The van der Waals surface area contributed by atoms with Crippen molar-refractivity contribution in [3.63, 3.8) is 0 Å². The van der Waals surface area contributed by atoms with Crippen LogP contribution in [0.25, 0.3) is 6.08 Å². The minimum absolute atomic E-state index is 0.0102. The van der Waals surface area contributed by atoms with Crippen molar-refractivity contribution in [3.8, 4) is 5.75 Å². The Labute approximate surface area is 184 Å². The molecule has 0 aromatic heterocycles. The fourth-order valence-corrected chi connectivity index (χ4v) is 5.42. The minimum Gasteiger partial charge on any atom is -0.439 e. The summed E-state index contributed by atoms with van der Waals surface area (Å²) in [6.07, 6.45) is 2.64. The van der Waals surface area contributed by atoms with Crippen LogP contribution in [0.4, 0.5) is 0 Å². The second kappa shape index (κ2) is 7.03. The SMILES string of the molecule is O=C1N[C@@]2(Oc3ccccc3[C@@H]3CC(c4ccccc4)=NN32)S/C1=C/c1ccccc1. The van der Waals surface area contributed by atoms with Crippen LogP contribution in [0.2, 0.25) is 0 Å². The van der Waals surface area contributed by atoms with E-state index in [0.29, 0.717) is 4.91 Å². The van der Waals surface area contributed by atoms with Crippen LogP contribution in [0.15, 0.2) is 94.9 Å². The van der Waals surface area contributed by atoms with Crippen LogP contribution >= 0.6 is 11.8 Å². The Balaban J connectivity index is 1.43. The molecule has 1 N–H and O–H groups in total. The first-order valence-electron chi connectivity index (χ1n) is 10.2. The number of para-hydroxylation sites is 1. The van der Waals surface area contributed by atoms with Crippen LogP contribution < -0.4 is 10.1 Å². The number of rotatable bonds is 2. The van der Waals surface area contributed by atoms with Crippen molar-refractivity contribution in [1.82, 2.24) is 10.3 Å². The average molecular weight is 426 g/mol. The van der Waals surface area contributed by atoms with Crippen LogP contribution in [-0.4, -0.2) is 21.8 Å². The topological polar surface area (TPSA) is 53.9 Å². The predicted octanol–water partition coefficient (Wildman–Crippen LogP) is 4.75. The summed E-state index contributed by atoms with van der Waals surface area (Å²) in [5.41, 5.74) is 4.12. The fraction of sp³-hybridized carbons (Fsp3) is 0.120. The smallest absolute Gasteiger partial charge is 0.336 e. The Kier molecular flexibility index (Phi) is 4.14. The van der Waals surface area contributed by atoms with Gasteiger partial charge in [0.25, 0.3) is 5.91 Å². The number of carbonyl (C=O) groups is 1. The number of hydrazone groups is 1. The monoisotopic (exact) mass is 425 g/mol. The Morgan fingerprint density at radius 3 is 2.52 bits per heavy atom. The number of ether oxygens (including phenoxy) is 1. The van der Waals surface area contributed by atoms with E-state index in [1.54, 1.807) is 0 Å². The predicted molar refractivity (Wildman–Crippen MR) is 122 cm³/mol. The summed E-state index contributed by atoms with van der Waals surface area (Å²) in [5, 5.41) is 8.85. The van der Waals surface area contributed by atoms with Crippen LogP contribution in [0, 0.1) is 0 Å². The average Bonchev–Trinajstić information content (AvgIpc) is 3.39. The third-order valence-corrected chi connectivity index (χ3v) is 6.86. The van der Waals surface area contributed by atoms with Gasteiger partial charge < -0.3 is 4.74 Å². The van der Waals surface area contributed by atoms with Gasteiger partial charge in [-0.3, -0.25) is 10.1 Å². The van der Waals surface area contributed by atoms with E-state index in [1.165, 1.54) is 11.8 Å². The summed E-state index contributed by atoms with van der Waals surface area (Å²) in [6, 6.07) is 28.0. The van der Waals surface area contributed by atoms with Gasteiger partial charge in [0.15, 0.2) is 0 Å². The van der Waals surface area contributed by atoms with Crippen molar-refractivity contribution in [3.05, 3.63) is 107 Å². The highest BCUT2D eigenvalue weighted by atomic mass is 32.2. The standard InChI is InChI=1S/C25H19N3O2S/c29-24-23(15-17-9-3-1-4-10-17)31-25(26-24)28-21(19-13-7-8-14-22(19)30-25)16-20(27-28)18-11-5-2-6-12-18/h1-15,21H,16H2,(H,26,29)/b23-15+/t21-,25+/m0/s1. The van der Waals surface area contributed by atoms with Crippen LogP contribution in [0.1, 0.15) is 29.2 Å². The molecule has 3 aliphatic rings. The Bertz CT molecular complexity index is 1230. The third-order valence-electron chi connectivity index (χ3n) is 5.69. The van der Waals surface area contributed by atoms with Crippen LogP contribution in [-0.2, 0) is 4.79 Å². The molecule has 3 aliphatic heterocycles. The number of thioether (sulfide) groups is 1. The van der Waals surface area contributed by atoms with E-state index in [-0.39, 0.29) is 11.9 Å². The van der Waals surface area contributed by atoms with Crippen molar-refractivity contribution in [2.24, 2.45) is 5.10 Å². The lowest BCUT2D eigenvalue weighted by molar-refractivity contribution is -0.127. The molecular formula is C25H19N3O2S. The Hall–Kier alpha value is -3.51. The number of benzene rings is 3. The van der Waals surface area contributed by atoms with E-state index in [0.717, 1.165) is 34.6 Å². The van der Waals surface area contributed by atoms with Crippen molar-refractivity contribution in [1.29, 1.82) is 0 Å². The molecule has 1 saturated heterocycles. The lowest BCUT2D eigenvalue weighted by Gasteiger charge is -2.43. The van der Waals surface area contributed by atoms with E-state index in [1.807, 2.05) is 77.8 Å². The number of nitrogens with one attached hydrogen (secondary N) is 1. The quantitative estimate of drug-likeness (QED) is 0.603. The highest BCUT2D eigenvalue weighted by Gasteiger charge is 2.57. The fourth-order valence-electron chi connectivity index (χ4n) is 4.25. The molecule has 3 heterocycles. The highest BCUT2D eigenvalue weighted by Crippen LogP contribution is 2.53. The van der Waals surface area contributed by atoms with Gasteiger partial charge in [0.05, 0.1) is 16.7 Å². The summed E-state index contributed by atoms with van der Waals surface area (Å²) in [5.74, 6) is 0.623. The zero-order valence-electron chi connectivity index (χ0n) is 16.6. The van der Waals surface area contributed by atoms with Gasteiger partial charge in [0.1, 0.15) is 5.75 Å². The van der Waals surface area contributed by atoms with E-state index in [9.17, 15) is 4.79 Å². The molecule has 0 bridgehead atoms. The molecule has 5 nitrogen and oxygen atoms in total. The zero-order chi connectivity index (χ0) is 20.8. The molecule has 3 aromatic carbocycles. The molecule has 0 radical (unpaired) electrons. The normalized spacial score (nSPS) is 25.1. The molecule has 3 aromatic rings.